The summed E-state index contributed by atoms with van der Waals surface area (Å²) >= 11 is 3.35. The van der Waals surface area contributed by atoms with Gasteiger partial charge in [-0.1, -0.05) is 6.42 Å². The lowest BCUT2D eigenvalue weighted by Gasteiger charge is -2.30. The molecule has 0 aliphatic heterocycles. The van der Waals surface area contributed by atoms with E-state index in [9.17, 15) is 4.79 Å². The Balaban J connectivity index is 2.03. The fraction of sp³-hybridized carbons (Fsp3) is 0.500. The number of carbonyl (C=O) groups is 1. The minimum absolute atomic E-state index is 0.000579. The third kappa shape index (κ3) is 2.43. The number of amides is 1. The van der Waals surface area contributed by atoms with Crippen molar-refractivity contribution in [2.75, 3.05) is 13.6 Å². The van der Waals surface area contributed by atoms with Gasteiger partial charge < -0.3 is 4.90 Å². The molecule has 0 aromatic carbocycles. The van der Waals surface area contributed by atoms with Gasteiger partial charge in [-0.3, -0.25) is 4.79 Å². The molecule has 1 aromatic rings. The van der Waals surface area contributed by atoms with E-state index < -0.39 is 0 Å². The van der Waals surface area contributed by atoms with Gasteiger partial charge in [0.1, 0.15) is 5.69 Å². The van der Waals surface area contributed by atoms with Gasteiger partial charge in [-0.05, 0) is 46.8 Å². The number of halogens is 1. The maximum atomic E-state index is 12.1. The van der Waals surface area contributed by atoms with Crippen molar-refractivity contribution in [2.45, 2.75) is 19.3 Å². The summed E-state index contributed by atoms with van der Waals surface area (Å²) in [4.78, 5) is 18.0. The van der Waals surface area contributed by atoms with Crippen LogP contribution in [-0.4, -0.2) is 29.4 Å². The standard InChI is InChI=1S/C12H15BrN2O/c1-15(8-9-4-2-5-9)12(16)11-10(13)6-3-7-14-11/h3,6-7,9H,2,4-5,8H2,1H3. The molecule has 1 amide bonds. The molecule has 1 saturated carbocycles. The van der Waals surface area contributed by atoms with Crippen LogP contribution in [0.4, 0.5) is 0 Å². The van der Waals surface area contributed by atoms with Crippen LogP contribution in [0, 0.1) is 5.92 Å². The van der Waals surface area contributed by atoms with Crippen LogP contribution in [0.1, 0.15) is 29.8 Å². The quantitative estimate of drug-likeness (QED) is 0.854. The first-order chi connectivity index (χ1) is 7.68. The summed E-state index contributed by atoms with van der Waals surface area (Å²) in [6.45, 7) is 0.849. The highest BCUT2D eigenvalue weighted by Gasteiger charge is 2.23. The van der Waals surface area contributed by atoms with E-state index in [1.807, 2.05) is 19.2 Å². The second-order valence-electron chi connectivity index (χ2n) is 4.32. The molecule has 1 fully saturated rings. The van der Waals surface area contributed by atoms with Crippen LogP contribution in [0.25, 0.3) is 0 Å². The normalized spacial score (nSPS) is 15.6. The summed E-state index contributed by atoms with van der Waals surface area (Å²) in [5, 5.41) is 0. The first-order valence-electron chi connectivity index (χ1n) is 5.54. The maximum Gasteiger partial charge on any atom is 0.273 e. The molecule has 0 radical (unpaired) electrons. The molecule has 86 valence electrons. The predicted molar refractivity (Wildman–Crippen MR) is 66.2 cm³/mol. The van der Waals surface area contributed by atoms with E-state index in [4.69, 9.17) is 0 Å². The minimum atomic E-state index is -0.000579. The number of aromatic nitrogens is 1. The van der Waals surface area contributed by atoms with Gasteiger partial charge in [-0.15, -0.1) is 0 Å². The smallest absolute Gasteiger partial charge is 0.273 e. The molecule has 1 aromatic heterocycles. The number of carbonyl (C=O) groups excluding carboxylic acids is 1. The average Bonchev–Trinajstić information content (AvgIpc) is 2.23. The first kappa shape index (κ1) is 11.6. The topological polar surface area (TPSA) is 33.2 Å². The Kier molecular flexibility index (Phi) is 3.59. The Hall–Kier alpha value is -0.900. The lowest BCUT2D eigenvalue weighted by molar-refractivity contribution is 0.0738. The Morgan fingerprint density at radius 2 is 2.38 bits per heavy atom. The lowest BCUT2D eigenvalue weighted by atomic mass is 9.85. The highest BCUT2D eigenvalue weighted by Crippen LogP contribution is 2.27. The van der Waals surface area contributed by atoms with E-state index >= 15 is 0 Å². The Morgan fingerprint density at radius 3 is 2.94 bits per heavy atom. The third-order valence-electron chi connectivity index (χ3n) is 3.06. The van der Waals surface area contributed by atoms with E-state index in [1.54, 1.807) is 11.1 Å². The summed E-state index contributed by atoms with van der Waals surface area (Å²) in [6, 6.07) is 3.66. The van der Waals surface area contributed by atoms with Crippen molar-refractivity contribution in [1.29, 1.82) is 0 Å². The van der Waals surface area contributed by atoms with Crippen LogP contribution in [0.3, 0.4) is 0 Å². The van der Waals surface area contributed by atoms with Crippen molar-refractivity contribution in [3.8, 4) is 0 Å². The van der Waals surface area contributed by atoms with Crippen molar-refractivity contribution < 1.29 is 4.79 Å². The molecule has 0 bridgehead atoms. The number of nitrogens with zero attached hydrogens (tertiary/aromatic N) is 2. The summed E-state index contributed by atoms with van der Waals surface area (Å²) in [5.74, 6) is 0.691. The maximum absolute atomic E-state index is 12.1. The molecule has 0 unspecified atom stereocenters. The van der Waals surface area contributed by atoms with E-state index in [-0.39, 0.29) is 5.91 Å². The van der Waals surface area contributed by atoms with Crippen LogP contribution >= 0.6 is 15.9 Å². The zero-order valence-electron chi connectivity index (χ0n) is 9.32. The molecule has 16 heavy (non-hydrogen) atoms. The van der Waals surface area contributed by atoms with Gasteiger partial charge >= 0.3 is 0 Å². The van der Waals surface area contributed by atoms with Crippen molar-refractivity contribution in [2.24, 2.45) is 5.92 Å². The second-order valence-corrected chi connectivity index (χ2v) is 5.17. The Morgan fingerprint density at radius 1 is 1.62 bits per heavy atom. The van der Waals surface area contributed by atoms with Crippen molar-refractivity contribution >= 4 is 21.8 Å². The van der Waals surface area contributed by atoms with Crippen LogP contribution in [-0.2, 0) is 0 Å². The molecule has 1 aliphatic rings. The van der Waals surface area contributed by atoms with E-state index in [2.05, 4.69) is 20.9 Å². The molecule has 1 heterocycles. The number of hydrogen-bond acceptors (Lipinski definition) is 2. The van der Waals surface area contributed by atoms with Gasteiger partial charge in [-0.25, -0.2) is 4.98 Å². The SMILES string of the molecule is CN(CC1CCC1)C(=O)c1ncccc1Br. The fourth-order valence-corrected chi connectivity index (χ4v) is 2.29. The summed E-state index contributed by atoms with van der Waals surface area (Å²) in [6.07, 6.45) is 5.46. The number of hydrogen-bond donors (Lipinski definition) is 0. The largest absolute Gasteiger partial charge is 0.340 e. The van der Waals surface area contributed by atoms with E-state index in [0.717, 1.165) is 11.0 Å². The van der Waals surface area contributed by atoms with Gasteiger partial charge in [0.2, 0.25) is 0 Å². The lowest BCUT2D eigenvalue weighted by Crippen LogP contribution is -2.34. The molecule has 0 N–H and O–H groups in total. The third-order valence-corrected chi connectivity index (χ3v) is 3.70. The first-order valence-corrected chi connectivity index (χ1v) is 6.34. The Bertz CT molecular complexity index is 390. The van der Waals surface area contributed by atoms with Gasteiger partial charge in [-0.2, -0.15) is 0 Å². The molecule has 3 nitrogen and oxygen atoms in total. The van der Waals surface area contributed by atoms with E-state index in [1.165, 1.54) is 19.3 Å². The molecular formula is C12H15BrN2O. The van der Waals surface area contributed by atoms with Crippen molar-refractivity contribution in [3.63, 3.8) is 0 Å². The zero-order valence-corrected chi connectivity index (χ0v) is 10.9. The van der Waals surface area contributed by atoms with E-state index in [0.29, 0.717) is 11.6 Å². The highest BCUT2D eigenvalue weighted by molar-refractivity contribution is 9.10. The minimum Gasteiger partial charge on any atom is -0.340 e. The summed E-state index contributed by atoms with van der Waals surface area (Å²) < 4.78 is 0.764. The zero-order chi connectivity index (χ0) is 11.5. The van der Waals surface area contributed by atoms with Crippen molar-refractivity contribution in [1.82, 2.24) is 9.88 Å². The van der Waals surface area contributed by atoms with Crippen LogP contribution in [0.15, 0.2) is 22.8 Å². The molecule has 0 spiro atoms. The molecule has 1 aliphatic carbocycles. The predicted octanol–water partition coefficient (Wildman–Crippen LogP) is 2.72. The van der Waals surface area contributed by atoms with Gasteiger partial charge in [0.05, 0.1) is 0 Å². The Labute approximate surface area is 104 Å². The number of pyridine rings is 1. The molecule has 0 atom stereocenters. The van der Waals surface area contributed by atoms with Crippen LogP contribution < -0.4 is 0 Å². The molecule has 4 heteroatoms. The molecular weight excluding hydrogens is 268 g/mol. The average molecular weight is 283 g/mol. The fourth-order valence-electron chi connectivity index (χ4n) is 1.87. The number of rotatable bonds is 3. The van der Waals surface area contributed by atoms with Crippen molar-refractivity contribution in [3.05, 3.63) is 28.5 Å². The molecule has 2 rings (SSSR count). The van der Waals surface area contributed by atoms with Crippen LogP contribution in [0.5, 0.6) is 0 Å². The molecule has 0 saturated heterocycles. The van der Waals surface area contributed by atoms with Gasteiger partial charge in [0, 0.05) is 24.3 Å². The highest BCUT2D eigenvalue weighted by atomic mass is 79.9. The summed E-state index contributed by atoms with van der Waals surface area (Å²) in [7, 11) is 1.85. The summed E-state index contributed by atoms with van der Waals surface area (Å²) in [5.41, 5.74) is 0.504. The van der Waals surface area contributed by atoms with Crippen LogP contribution in [0.2, 0.25) is 0 Å². The van der Waals surface area contributed by atoms with Gasteiger partial charge in [0.25, 0.3) is 5.91 Å². The van der Waals surface area contributed by atoms with Gasteiger partial charge in [0.15, 0.2) is 0 Å². The monoisotopic (exact) mass is 282 g/mol. The second kappa shape index (κ2) is 4.95.